The third kappa shape index (κ3) is 3.11. The molecule has 0 aromatic heterocycles. The lowest BCUT2D eigenvalue weighted by Gasteiger charge is -2.15. The summed E-state index contributed by atoms with van der Waals surface area (Å²) in [7, 11) is 0. The molecule has 3 heteroatoms. The van der Waals surface area contributed by atoms with E-state index in [4.69, 9.17) is 10.5 Å². The number of aryl methyl sites for hydroxylation is 1. The Bertz CT molecular complexity index is 339. The van der Waals surface area contributed by atoms with Crippen LogP contribution in [0.2, 0.25) is 0 Å². The van der Waals surface area contributed by atoms with Gasteiger partial charge in [-0.3, -0.25) is 0 Å². The van der Waals surface area contributed by atoms with Crippen molar-refractivity contribution < 1.29 is 9.13 Å². The Balaban J connectivity index is 2.81. The highest BCUT2D eigenvalue weighted by Gasteiger charge is 2.09. The second-order valence-corrected chi connectivity index (χ2v) is 3.86. The van der Waals surface area contributed by atoms with Gasteiger partial charge in [-0.25, -0.2) is 4.39 Å². The van der Waals surface area contributed by atoms with Crippen LogP contribution in [0, 0.1) is 12.7 Å². The van der Waals surface area contributed by atoms with E-state index in [2.05, 4.69) is 6.92 Å². The molecule has 0 amide bonds. The number of nitrogen functional groups attached to an aromatic ring is 1. The van der Waals surface area contributed by atoms with Crippen LogP contribution in [-0.4, -0.2) is 6.10 Å². The van der Waals surface area contributed by atoms with E-state index >= 15 is 0 Å². The molecule has 0 bridgehead atoms. The molecule has 0 saturated carbocycles. The van der Waals surface area contributed by atoms with Crippen molar-refractivity contribution in [1.29, 1.82) is 0 Å². The molecule has 2 nitrogen and oxygen atoms in total. The minimum absolute atomic E-state index is 0.0347. The molecule has 0 radical (unpaired) electrons. The van der Waals surface area contributed by atoms with Crippen LogP contribution in [0.25, 0.3) is 0 Å². The highest BCUT2D eigenvalue weighted by molar-refractivity contribution is 5.50. The molecule has 1 atom stereocenters. The van der Waals surface area contributed by atoms with Crippen molar-refractivity contribution in [3.8, 4) is 5.75 Å². The van der Waals surface area contributed by atoms with Crippen LogP contribution in [0.1, 0.15) is 32.3 Å². The lowest BCUT2D eigenvalue weighted by molar-refractivity contribution is 0.200. The smallest absolute Gasteiger partial charge is 0.167 e. The van der Waals surface area contributed by atoms with E-state index in [9.17, 15) is 4.39 Å². The largest absolute Gasteiger partial charge is 0.488 e. The zero-order valence-electron chi connectivity index (χ0n) is 9.51. The minimum Gasteiger partial charge on any atom is -0.488 e. The van der Waals surface area contributed by atoms with Gasteiger partial charge in [0.25, 0.3) is 0 Å². The molecule has 1 unspecified atom stereocenters. The normalized spacial score (nSPS) is 12.5. The molecule has 0 aliphatic carbocycles. The van der Waals surface area contributed by atoms with Crippen LogP contribution in [0.5, 0.6) is 5.75 Å². The van der Waals surface area contributed by atoms with E-state index in [1.54, 1.807) is 6.07 Å². The van der Waals surface area contributed by atoms with Crippen molar-refractivity contribution in [3.05, 3.63) is 23.5 Å². The second kappa shape index (κ2) is 5.01. The molecule has 0 saturated heterocycles. The predicted octanol–water partition coefficient (Wildman–Crippen LogP) is 3.28. The summed E-state index contributed by atoms with van der Waals surface area (Å²) in [6, 6.07) is 2.96. The molecule has 0 heterocycles. The van der Waals surface area contributed by atoms with Gasteiger partial charge in [0.2, 0.25) is 0 Å². The van der Waals surface area contributed by atoms with Gasteiger partial charge in [-0.1, -0.05) is 13.3 Å². The van der Waals surface area contributed by atoms with Gasteiger partial charge in [-0.15, -0.1) is 0 Å². The van der Waals surface area contributed by atoms with Crippen LogP contribution in [-0.2, 0) is 0 Å². The molecule has 0 spiro atoms. The molecular weight excluding hydrogens is 193 g/mol. The number of rotatable bonds is 4. The Hall–Kier alpha value is -1.25. The maximum absolute atomic E-state index is 13.4. The lowest BCUT2D eigenvalue weighted by atomic mass is 10.2. The van der Waals surface area contributed by atoms with Crippen LogP contribution in [0.3, 0.4) is 0 Å². The third-order valence-electron chi connectivity index (χ3n) is 2.34. The quantitative estimate of drug-likeness (QED) is 0.776. The van der Waals surface area contributed by atoms with Crippen molar-refractivity contribution >= 4 is 5.69 Å². The number of hydrogen-bond acceptors (Lipinski definition) is 2. The molecule has 2 N–H and O–H groups in total. The van der Waals surface area contributed by atoms with Gasteiger partial charge in [-0.2, -0.15) is 0 Å². The van der Waals surface area contributed by atoms with Gasteiger partial charge in [0.05, 0.1) is 6.10 Å². The minimum atomic E-state index is -0.388. The Morgan fingerprint density at radius 2 is 2.13 bits per heavy atom. The molecule has 84 valence electrons. The number of ether oxygens (including phenoxy) is 1. The molecule has 1 aromatic rings. The molecular formula is C12H18FNO. The van der Waals surface area contributed by atoms with Crippen LogP contribution in [0.15, 0.2) is 12.1 Å². The summed E-state index contributed by atoms with van der Waals surface area (Å²) in [5.41, 5.74) is 6.89. The van der Waals surface area contributed by atoms with Crippen LogP contribution in [0.4, 0.5) is 10.1 Å². The number of nitrogens with two attached hydrogens (primary N) is 1. The molecule has 0 fully saturated rings. The number of anilines is 1. The van der Waals surface area contributed by atoms with Gasteiger partial charge >= 0.3 is 0 Å². The summed E-state index contributed by atoms with van der Waals surface area (Å²) < 4.78 is 18.9. The van der Waals surface area contributed by atoms with Gasteiger partial charge < -0.3 is 10.5 Å². The monoisotopic (exact) mass is 211 g/mol. The fraction of sp³-hybridized carbons (Fsp3) is 0.500. The average Bonchev–Trinajstić information content (AvgIpc) is 2.14. The summed E-state index contributed by atoms with van der Waals surface area (Å²) in [6.07, 6.45) is 1.98. The third-order valence-corrected chi connectivity index (χ3v) is 2.34. The first kappa shape index (κ1) is 11.8. The Morgan fingerprint density at radius 1 is 1.47 bits per heavy atom. The first-order valence-electron chi connectivity index (χ1n) is 5.26. The van der Waals surface area contributed by atoms with Crippen molar-refractivity contribution in [2.24, 2.45) is 0 Å². The summed E-state index contributed by atoms with van der Waals surface area (Å²) >= 11 is 0. The zero-order chi connectivity index (χ0) is 11.4. The lowest BCUT2D eigenvalue weighted by Crippen LogP contribution is -2.12. The van der Waals surface area contributed by atoms with Gasteiger partial charge in [0.15, 0.2) is 11.6 Å². The van der Waals surface area contributed by atoms with E-state index < -0.39 is 0 Å². The maximum atomic E-state index is 13.4. The van der Waals surface area contributed by atoms with Crippen LogP contribution < -0.4 is 10.5 Å². The average molecular weight is 211 g/mol. The molecule has 1 aromatic carbocycles. The number of halogens is 1. The van der Waals surface area contributed by atoms with Gasteiger partial charge in [0.1, 0.15) is 0 Å². The highest BCUT2D eigenvalue weighted by Crippen LogP contribution is 2.24. The summed E-state index contributed by atoms with van der Waals surface area (Å²) in [5.74, 6) is -0.0938. The standard InChI is InChI=1S/C12H18FNO/c1-4-5-9(3)15-12-6-8(2)11(14)7-10(12)13/h6-7,9H,4-5,14H2,1-3H3. The highest BCUT2D eigenvalue weighted by atomic mass is 19.1. The fourth-order valence-electron chi connectivity index (χ4n) is 1.44. The molecule has 0 aliphatic heterocycles. The maximum Gasteiger partial charge on any atom is 0.167 e. The van der Waals surface area contributed by atoms with Crippen LogP contribution >= 0.6 is 0 Å². The molecule has 15 heavy (non-hydrogen) atoms. The molecule has 1 rings (SSSR count). The van der Waals surface area contributed by atoms with Gasteiger partial charge in [-0.05, 0) is 31.9 Å². The van der Waals surface area contributed by atoms with Gasteiger partial charge in [0, 0.05) is 11.8 Å². The molecule has 0 aliphatic rings. The number of hydrogen-bond donors (Lipinski definition) is 1. The van der Waals surface area contributed by atoms with Crippen molar-refractivity contribution in [1.82, 2.24) is 0 Å². The van der Waals surface area contributed by atoms with Crippen molar-refractivity contribution in [2.75, 3.05) is 5.73 Å². The van der Waals surface area contributed by atoms with Crippen molar-refractivity contribution in [2.45, 2.75) is 39.7 Å². The zero-order valence-corrected chi connectivity index (χ0v) is 9.51. The summed E-state index contributed by atoms with van der Waals surface area (Å²) in [6.45, 7) is 5.85. The fourth-order valence-corrected chi connectivity index (χ4v) is 1.44. The number of benzene rings is 1. The van der Waals surface area contributed by atoms with E-state index in [-0.39, 0.29) is 11.9 Å². The summed E-state index contributed by atoms with van der Waals surface area (Å²) in [4.78, 5) is 0. The van der Waals surface area contributed by atoms with E-state index in [0.717, 1.165) is 18.4 Å². The Morgan fingerprint density at radius 3 is 2.73 bits per heavy atom. The topological polar surface area (TPSA) is 35.2 Å². The first-order valence-corrected chi connectivity index (χ1v) is 5.26. The first-order chi connectivity index (χ1) is 7.04. The van der Waals surface area contributed by atoms with Crippen molar-refractivity contribution in [3.63, 3.8) is 0 Å². The second-order valence-electron chi connectivity index (χ2n) is 3.86. The Labute approximate surface area is 90.2 Å². The van der Waals surface area contributed by atoms with E-state index in [1.165, 1.54) is 6.07 Å². The Kier molecular flexibility index (Phi) is 3.95. The summed E-state index contributed by atoms with van der Waals surface area (Å²) in [5, 5.41) is 0. The SMILES string of the molecule is CCCC(C)Oc1cc(C)c(N)cc1F. The predicted molar refractivity (Wildman–Crippen MR) is 60.5 cm³/mol. The van der Waals surface area contributed by atoms with E-state index in [1.807, 2.05) is 13.8 Å². The van der Waals surface area contributed by atoms with E-state index in [0.29, 0.717) is 11.4 Å².